The minimum absolute atomic E-state index is 0.0976. The van der Waals surface area contributed by atoms with E-state index in [0.29, 0.717) is 10.1 Å². The highest BCUT2D eigenvalue weighted by Gasteiger charge is 2.71. The van der Waals surface area contributed by atoms with Crippen molar-refractivity contribution in [3.8, 4) is 0 Å². The molecule has 0 bridgehead atoms. The van der Waals surface area contributed by atoms with Crippen LogP contribution < -0.4 is 0 Å². The molecule has 0 fully saturated rings. The van der Waals surface area contributed by atoms with E-state index in [1.165, 1.54) is 0 Å². The molecule has 1 nitrogen and oxygen atoms in total. The molecule has 1 rings (SSSR count). The summed E-state index contributed by atoms with van der Waals surface area (Å²) in [6.07, 6.45) is 0. The van der Waals surface area contributed by atoms with Crippen molar-refractivity contribution in [1.29, 1.82) is 0 Å². The van der Waals surface area contributed by atoms with Crippen molar-refractivity contribution in [3.05, 3.63) is 10.8 Å². The zero-order valence-electron chi connectivity index (χ0n) is 22.4. The summed E-state index contributed by atoms with van der Waals surface area (Å²) in [6, 6.07) is 0. The SMILES string of the molecule is COC1(C(C)(C)C)C([Si]([Si](C)(C)C(C)(C)C)[Si](C)(C)C(C)(C)C)=C1C(C)(C)C. The first-order chi connectivity index (χ1) is 11.9. The molecule has 28 heavy (non-hydrogen) atoms. The van der Waals surface area contributed by atoms with E-state index in [0.717, 1.165) is 0 Å². The van der Waals surface area contributed by atoms with Crippen LogP contribution in [0.15, 0.2) is 10.8 Å². The third-order valence-electron chi connectivity index (χ3n) is 8.25. The summed E-state index contributed by atoms with van der Waals surface area (Å²) in [5, 5.41) is 2.60. The van der Waals surface area contributed by atoms with Gasteiger partial charge in [-0.1, -0.05) is 109 Å². The summed E-state index contributed by atoms with van der Waals surface area (Å²) < 4.78 is 6.56. The topological polar surface area (TPSA) is 9.23 Å². The second kappa shape index (κ2) is 6.93. The summed E-state index contributed by atoms with van der Waals surface area (Å²) in [4.78, 5) is 0. The average Bonchev–Trinajstić information content (AvgIpc) is 3.04. The van der Waals surface area contributed by atoms with Crippen molar-refractivity contribution in [1.82, 2.24) is 0 Å². The lowest BCUT2D eigenvalue weighted by molar-refractivity contribution is -0.000899. The Balaban J connectivity index is 3.97. The lowest BCUT2D eigenvalue weighted by Gasteiger charge is -2.53. The third kappa shape index (κ3) is 3.85. The molecule has 165 valence electrons. The molecule has 0 heterocycles. The summed E-state index contributed by atoms with van der Waals surface area (Å²) in [5.74, 6) is 0. The summed E-state index contributed by atoms with van der Waals surface area (Å²) >= 11 is 0. The van der Waals surface area contributed by atoms with Crippen LogP contribution in [0.1, 0.15) is 83.1 Å². The van der Waals surface area contributed by atoms with Crippen LogP contribution in [0.3, 0.4) is 0 Å². The predicted molar refractivity (Wildman–Crippen MR) is 136 cm³/mol. The summed E-state index contributed by atoms with van der Waals surface area (Å²) in [7, 11) is -1.86. The Labute approximate surface area is 181 Å². The fourth-order valence-corrected chi connectivity index (χ4v) is 46.4. The zero-order valence-corrected chi connectivity index (χ0v) is 25.4. The fraction of sp³-hybridized carbons (Fsp3) is 0.917. The second-order valence-electron chi connectivity index (χ2n) is 14.3. The van der Waals surface area contributed by atoms with Crippen LogP contribution in [0.5, 0.6) is 0 Å². The van der Waals surface area contributed by atoms with Crippen molar-refractivity contribution < 1.29 is 4.74 Å². The van der Waals surface area contributed by atoms with Gasteiger partial charge in [-0.2, -0.15) is 0 Å². The van der Waals surface area contributed by atoms with E-state index in [2.05, 4.69) is 109 Å². The van der Waals surface area contributed by atoms with Crippen LogP contribution in [-0.4, -0.2) is 35.7 Å². The smallest absolute Gasteiger partial charge is 0.111 e. The first kappa shape index (κ1) is 26.4. The molecule has 0 aromatic carbocycles. The molecule has 0 amide bonds. The van der Waals surface area contributed by atoms with Gasteiger partial charge in [-0.15, -0.1) is 0 Å². The van der Waals surface area contributed by atoms with Crippen molar-refractivity contribution in [2.24, 2.45) is 10.8 Å². The molecule has 0 saturated carbocycles. The van der Waals surface area contributed by atoms with Crippen molar-refractivity contribution in [3.63, 3.8) is 0 Å². The van der Waals surface area contributed by atoms with Gasteiger partial charge in [0.1, 0.15) is 5.60 Å². The molecule has 1 aliphatic rings. The van der Waals surface area contributed by atoms with E-state index in [1.54, 1.807) is 10.8 Å². The van der Waals surface area contributed by atoms with Gasteiger partial charge < -0.3 is 4.74 Å². The maximum Gasteiger partial charge on any atom is 0.111 e. The van der Waals surface area contributed by atoms with Crippen LogP contribution in [0, 0.1) is 10.8 Å². The minimum atomic E-state index is -1.56. The van der Waals surface area contributed by atoms with Gasteiger partial charge in [0.2, 0.25) is 0 Å². The average molecular weight is 440 g/mol. The third-order valence-corrected chi connectivity index (χ3v) is 44.1. The van der Waals surface area contributed by atoms with Gasteiger partial charge in [-0.05, 0) is 31.7 Å². The van der Waals surface area contributed by atoms with E-state index in [4.69, 9.17) is 4.74 Å². The molecule has 1 unspecified atom stereocenters. The molecule has 1 aliphatic carbocycles. The van der Waals surface area contributed by atoms with Crippen LogP contribution in [-0.2, 0) is 4.74 Å². The summed E-state index contributed by atoms with van der Waals surface area (Å²) in [6.45, 7) is 40.3. The van der Waals surface area contributed by atoms with Crippen LogP contribution in [0.25, 0.3) is 0 Å². The molecule has 0 aromatic rings. The monoisotopic (exact) mass is 439 g/mol. The lowest BCUT2D eigenvalue weighted by Crippen LogP contribution is -2.69. The highest BCUT2D eigenvalue weighted by molar-refractivity contribution is 7.64. The number of hydrogen-bond donors (Lipinski definition) is 0. The zero-order chi connectivity index (χ0) is 22.9. The first-order valence-electron chi connectivity index (χ1n) is 11.1. The Bertz CT molecular complexity index is 605. The predicted octanol–water partition coefficient (Wildman–Crippen LogP) is 7.98. The van der Waals surface area contributed by atoms with Crippen LogP contribution in [0.2, 0.25) is 36.3 Å². The molecule has 0 N–H and O–H groups in total. The van der Waals surface area contributed by atoms with Crippen molar-refractivity contribution in [2.45, 2.75) is 125 Å². The van der Waals surface area contributed by atoms with E-state index in [-0.39, 0.29) is 16.4 Å². The van der Waals surface area contributed by atoms with Gasteiger partial charge in [0.15, 0.2) is 0 Å². The standard InChI is InChI=1S/C24H51OSi3/c1-20(2,3)18-19(24(18,25-13)21(4,5)6)26(27(14,15)22(7,8)9)28(16,17)23(10,11)12/h1-17H3. The molecule has 0 aliphatic heterocycles. The van der Waals surface area contributed by atoms with E-state index < -0.39 is 23.0 Å². The van der Waals surface area contributed by atoms with Gasteiger partial charge in [0, 0.05) is 22.3 Å². The van der Waals surface area contributed by atoms with Gasteiger partial charge in [0.25, 0.3) is 0 Å². The molecule has 0 aromatic heterocycles. The number of rotatable bonds is 4. The van der Waals surface area contributed by atoms with Crippen LogP contribution in [0.4, 0.5) is 0 Å². The second-order valence-corrected chi connectivity index (χ2v) is 37.0. The highest BCUT2D eigenvalue weighted by atomic mass is 29.6. The molecular weight excluding hydrogens is 389 g/mol. The Morgan fingerprint density at radius 3 is 1.14 bits per heavy atom. The van der Waals surface area contributed by atoms with Gasteiger partial charge in [0.05, 0.1) is 7.83 Å². The highest BCUT2D eigenvalue weighted by Crippen LogP contribution is 2.67. The maximum atomic E-state index is 6.56. The van der Waals surface area contributed by atoms with Gasteiger partial charge >= 0.3 is 0 Å². The summed E-state index contributed by atoms with van der Waals surface area (Å²) in [5.41, 5.74) is 1.78. The number of methoxy groups -OCH3 is 1. The van der Waals surface area contributed by atoms with Gasteiger partial charge in [-0.25, -0.2) is 0 Å². The Hall–Kier alpha value is 0.351. The van der Waals surface area contributed by atoms with E-state index in [1.807, 2.05) is 7.11 Å². The Kier molecular flexibility index (Phi) is 6.53. The minimum Gasteiger partial charge on any atom is -0.369 e. The van der Waals surface area contributed by atoms with Gasteiger partial charge in [-0.3, -0.25) is 0 Å². The largest absolute Gasteiger partial charge is 0.369 e. The number of hydrogen-bond acceptors (Lipinski definition) is 1. The Morgan fingerprint density at radius 1 is 0.679 bits per heavy atom. The molecule has 1 atom stereocenters. The van der Waals surface area contributed by atoms with E-state index >= 15 is 0 Å². The van der Waals surface area contributed by atoms with Crippen molar-refractivity contribution >= 4 is 23.0 Å². The first-order valence-corrected chi connectivity index (χ1v) is 20.6. The molecular formula is C24H51OSi3. The Morgan fingerprint density at radius 2 is 1.00 bits per heavy atom. The molecule has 0 spiro atoms. The normalized spacial score (nSPS) is 22.9. The maximum absolute atomic E-state index is 6.56. The lowest BCUT2D eigenvalue weighted by atomic mass is 9.77. The quantitative estimate of drug-likeness (QED) is 0.403. The van der Waals surface area contributed by atoms with Crippen molar-refractivity contribution in [2.75, 3.05) is 7.11 Å². The number of ether oxygens (including phenoxy) is 1. The molecule has 4 heteroatoms. The van der Waals surface area contributed by atoms with Crippen LogP contribution >= 0.6 is 0 Å². The molecule has 0 saturated heterocycles. The molecule has 1 radical (unpaired) electrons. The van der Waals surface area contributed by atoms with E-state index in [9.17, 15) is 0 Å². The fourth-order valence-electron chi connectivity index (χ4n) is 4.88.